The van der Waals surface area contributed by atoms with E-state index in [1.807, 2.05) is 0 Å². The number of nitrogens with zero attached hydrogens (tertiary/aromatic N) is 3. The Hall–Kier alpha value is -1.41. The zero-order valence-corrected chi connectivity index (χ0v) is 10.5. The first kappa shape index (κ1) is 13.7. The quantitative estimate of drug-likeness (QED) is 0.772. The van der Waals surface area contributed by atoms with Crippen molar-refractivity contribution in [2.24, 2.45) is 7.05 Å². The topological polar surface area (TPSA) is 92.5 Å². The van der Waals surface area contributed by atoms with Crippen LogP contribution in [0.15, 0.2) is 17.6 Å². The number of hydrogen-bond donors (Lipinski definition) is 1. The Balaban J connectivity index is 3.03. The average molecular weight is 261 g/mol. The molecule has 0 fully saturated rings. The Bertz CT molecular complexity index is 494. The number of carbonyl (C=O) groups is 1. The highest BCUT2D eigenvalue weighted by atomic mass is 32.2. The summed E-state index contributed by atoms with van der Waals surface area (Å²) < 4.78 is 26.5. The summed E-state index contributed by atoms with van der Waals surface area (Å²) >= 11 is 0. The van der Waals surface area contributed by atoms with E-state index in [0.29, 0.717) is 6.42 Å². The van der Waals surface area contributed by atoms with E-state index >= 15 is 0 Å². The zero-order chi connectivity index (χ0) is 13.1. The molecule has 1 N–H and O–H groups in total. The maximum Gasteiger partial charge on any atom is 0.318 e. The number of carboxylic acids is 1. The molecule has 0 amide bonds. The SMILES string of the molecule is CCCN(CC(=O)O)S(=O)(=O)c1cn(C)cn1. The van der Waals surface area contributed by atoms with Gasteiger partial charge in [0, 0.05) is 19.8 Å². The minimum absolute atomic E-state index is 0.130. The van der Waals surface area contributed by atoms with Gasteiger partial charge in [0.05, 0.1) is 6.33 Å². The van der Waals surface area contributed by atoms with Gasteiger partial charge in [-0.25, -0.2) is 13.4 Å². The summed E-state index contributed by atoms with van der Waals surface area (Å²) in [5.41, 5.74) is 0. The van der Waals surface area contributed by atoms with Crippen molar-refractivity contribution >= 4 is 16.0 Å². The van der Waals surface area contributed by atoms with Gasteiger partial charge >= 0.3 is 5.97 Å². The lowest BCUT2D eigenvalue weighted by Crippen LogP contribution is -2.36. The number of sulfonamides is 1. The van der Waals surface area contributed by atoms with Crippen LogP contribution in [-0.4, -0.2) is 46.4 Å². The molecule has 96 valence electrons. The Kier molecular flexibility index (Phi) is 4.24. The summed E-state index contributed by atoms with van der Waals surface area (Å²) in [7, 11) is -2.17. The lowest BCUT2D eigenvalue weighted by atomic mass is 10.5. The molecule has 0 aliphatic heterocycles. The van der Waals surface area contributed by atoms with E-state index in [-0.39, 0.29) is 11.6 Å². The van der Waals surface area contributed by atoms with Crippen molar-refractivity contribution in [3.8, 4) is 0 Å². The van der Waals surface area contributed by atoms with Crippen LogP contribution in [0.5, 0.6) is 0 Å². The lowest BCUT2D eigenvalue weighted by molar-refractivity contribution is -0.137. The second-order valence-electron chi connectivity index (χ2n) is 3.61. The second-order valence-corrected chi connectivity index (χ2v) is 5.49. The number of hydrogen-bond acceptors (Lipinski definition) is 4. The van der Waals surface area contributed by atoms with Crippen LogP contribution in [0.1, 0.15) is 13.3 Å². The van der Waals surface area contributed by atoms with E-state index in [1.165, 1.54) is 17.1 Å². The van der Waals surface area contributed by atoms with Gasteiger partial charge in [0.2, 0.25) is 0 Å². The molecule has 0 saturated carbocycles. The molecular weight excluding hydrogens is 246 g/mol. The fourth-order valence-electron chi connectivity index (χ4n) is 1.34. The Morgan fingerprint density at radius 1 is 1.59 bits per heavy atom. The summed E-state index contributed by atoms with van der Waals surface area (Å²) in [4.78, 5) is 14.4. The predicted molar refractivity (Wildman–Crippen MR) is 59.9 cm³/mol. The number of aromatic nitrogens is 2. The van der Waals surface area contributed by atoms with Crippen LogP contribution in [-0.2, 0) is 21.9 Å². The standard InChI is InChI=1S/C9H15N3O4S/c1-3-4-12(6-9(13)14)17(15,16)8-5-11(2)7-10-8/h5,7H,3-4,6H2,1-2H3,(H,13,14). The fraction of sp³-hybridized carbons (Fsp3) is 0.556. The Morgan fingerprint density at radius 2 is 2.24 bits per heavy atom. The van der Waals surface area contributed by atoms with Crippen LogP contribution in [0.3, 0.4) is 0 Å². The second kappa shape index (κ2) is 5.28. The molecule has 1 aromatic heterocycles. The lowest BCUT2D eigenvalue weighted by Gasteiger charge is -2.17. The van der Waals surface area contributed by atoms with E-state index in [0.717, 1.165) is 4.31 Å². The summed E-state index contributed by atoms with van der Waals surface area (Å²) in [5.74, 6) is -1.18. The van der Waals surface area contributed by atoms with E-state index in [1.54, 1.807) is 14.0 Å². The van der Waals surface area contributed by atoms with Crippen molar-refractivity contribution in [2.45, 2.75) is 18.4 Å². The van der Waals surface area contributed by atoms with Crippen LogP contribution in [0.4, 0.5) is 0 Å². The van der Waals surface area contributed by atoms with Gasteiger partial charge in [-0.1, -0.05) is 6.92 Å². The summed E-state index contributed by atoms with van der Waals surface area (Å²) in [6.07, 6.45) is 3.25. The molecule has 0 bridgehead atoms. The average Bonchev–Trinajstić information content (AvgIpc) is 2.64. The monoisotopic (exact) mass is 261 g/mol. The van der Waals surface area contributed by atoms with Crippen LogP contribution >= 0.6 is 0 Å². The van der Waals surface area contributed by atoms with Crippen molar-refractivity contribution < 1.29 is 18.3 Å². The summed E-state index contributed by atoms with van der Waals surface area (Å²) in [5, 5.41) is 8.56. The molecule has 1 heterocycles. The van der Waals surface area contributed by atoms with E-state index in [9.17, 15) is 13.2 Å². The van der Waals surface area contributed by atoms with Gasteiger partial charge in [-0.3, -0.25) is 4.79 Å². The smallest absolute Gasteiger partial charge is 0.318 e. The normalized spacial score (nSPS) is 11.9. The fourth-order valence-corrected chi connectivity index (χ4v) is 2.79. The molecule has 8 heteroatoms. The van der Waals surface area contributed by atoms with E-state index in [2.05, 4.69) is 4.98 Å². The first-order valence-corrected chi connectivity index (χ1v) is 6.52. The molecule has 0 spiro atoms. The third-order valence-corrected chi connectivity index (χ3v) is 3.80. The molecular formula is C9H15N3O4S. The Morgan fingerprint density at radius 3 is 2.65 bits per heavy atom. The molecule has 17 heavy (non-hydrogen) atoms. The predicted octanol–water partition coefficient (Wildman–Crippen LogP) is -0.0946. The van der Waals surface area contributed by atoms with Gasteiger partial charge in [0.25, 0.3) is 10.0 Å². The molecule has 0 aliphatic rings. The molecule has 1 rings (SSSR count). The summed E-state index contributed by atoms with van der Waals surface area (Å²) in [6, 6.07) is 0. The zero-order valence-electron chi connectivity index (χ0n) is 9.70. The van der Waals surface area contributed by atoms with Crippen LogP contribution in [0.25, 0.3) is 0 Å². The highest BCUT2D eigenvalue weighted by molar-refractivity contribution is 7.89. The minimum Gasteiger partial charge on any atom is -0.480 e. The van der Waals surface area contributed by atoms with E-state index < -0.39 is 22.5 Å². The van der Waals surface area contributed by atoms with Gasteiger partial charge < -0.3 is 9.67 Å². The van der Waals surface area contributed by atoms with E-state index in [4.69, 9.17) is 5.11 Å². The highest BCUT2D eigenvalue weighted by Crippen LogP contribution is 2.13. The van der Waals surface area contributed by atoms with Crippen LogP contribution in [0, 0.1) is 0 Å². The maximum atomic E-state index is 12.1. The van der Waals surface area contributed by atoms with Crippen LogP contribution in [0.2, 0.25) is 0 Å². The number of carboxylic acid groups (broad SMARTS) is 1. The minimum atomic E-state index is -3.82. The van der Waals surface area contributed by atoms with Crippen LogP contribution < -0.4 is 0 Å². The number of imidazole rings is 1. The highest BCUT2D eigenvalue weighted by Gasteiger charge is 2.27. The van der Waals surface area contributed by atoms with Crippen molar-refractivity contribution in [3.05, 3.63) is 12.5 Å². The summed E-state index contributed by atoms with van der Waals surface area (Å²) in [6.45, 7) is 1.39. The molecule has 0 unspecified atom stereocenters. The third-order valence-electron chi connectivity index (χ3n) is 2.07. The van der Waals surface area contributed by atoms with Crippen molar-refractivity contribution in [2.75, 3.05) is 13.1 Å². The maximum absolute atomic E-state index is 12.1. The van der Waals surface area contributed by atoms with Gasteiger partial charge in [0.15, 0.2) is 5.03 Å². The molecule has 0 aliphatic carbocycles. The molecule has 1 aromatic rings. The molecule has 7 nitrogen and oxygen atoms in total. The van der Waals surface area contributed by atoms with Gasteiger partial charge in [-0.2, -0.15) is 4.31 Å². The van der Waals surface area contributed by atoms with Crippen molar-refractivity contribution in [1.29, 1.82) is 0 Å². The van der Waals surface area contributed by atoms with Gasteiger partial charge in [-0.15, -0.1) is 0 Å². The molecule has 0 radical (unpaired) electrons. The molecule has 0 atom stereocenters. The first-order chi connectivity index (χ1) is 7.87. The molecule has 0 aromatic carbocycles. The van der Waals surface area contributed by atoms with Gasteiger partial charge in [-0.05, 0) is 6.42 Å². The largest absolute Gasteiger partial charge is 0.480 e. The number of aliphatic carboxylic acids is 1. The first-order valence-electron chi connectivity index (χ1n) is 5.07. The Labute approximate surface area is 99.7 Å². The van der Waals surface area contributed by atoms with Crippen molar-refractivity contribution in [3.63, 3.8) is 0 Å². The molecule has 0 saturated heterocycles. The number of rotatable bonds is 6. The third kappa shape index (κ3) is 3.27. The van der Waals surface area contributed by atoms with Gasteiger partial charge in [0.1, 0.15) is 6.54 Å². The van der Waals surface area contributed by atoms with Crippen molar-refractivity contribution in [1.82, 2.24) is 13.9 Å². The number of aryl methyl sites for hydroxylation is 1.